The topological polar surface area (TPSA) is 26.3 Å². The van der Waals surface area contributed by atoms with E-state index in [0.29, 0.717) is 0 Å². The molecule has 0 unspecified atom stereocenters. The third kappa shape index (κ3) is 1.45. The molecule has 0 spiro atoms. The van der Waals surface area contributed by atoms with Crippen LogP contribution in [0, 0.1) is 17.3 Å². The number of hydrogen-bond donors (Lipinski definition) is 0. The number of carbonyl (C=O) groups excluding carboxylic acids is 1. The normalized spacial score (nSPS) is 38.8. The van der Waals surface area contributed by atoms with E-state index < -0.39 is 0 Å². The smallest absolute Gasteiger partial charge is 0.314 e. The van der Waals surface area contributed by atoms with Crippen LogP contribution in [0.3, 0.4) is 0 Å². The zero-order valence-electron chi connectivity index (χ0n) is 10.9. The van der Waals surface area contributed by atoms with Gasteiger partial charge in [-0.2, -0.15) is 0 Å². The largest absolute Gasteiger partial charge is 0.430 e. The van der Waals surface area contributed by atoms with Crippen LogP contribution in [-0.4, -0.2) is 5.97 Å². The molecule has 18 heavy (non-hydrogen) atoms. The Balaban J connectivity index is 2.21. The lowest BCUT2D eigenvalue weighted by Crippen LogP contribution is -2.29. The molecule has 0 bridgehead atoms. The fourth-order valence-corrected chi connectivity index (χ4v) is 3.59. The van der Waals surface area contributed by atoms with Gasteiger partial charge in [-0.05, 0) is 31.4 Å². The molecule has 0 amide bonds. The first-order valence-corrected chi connectivity index (χ1v) is 6.84. The first kappa shape index (κ1) is 12.0. The zero-order chi connectivity index (χ0) is 13.1. The Labute approximate surface area is 112 Å². The predicted molar refractivity (Wildman–Crippen MR) is 70.8 cm³/mol. The van der Waals surface area contributed by atoms with Crippen LogP contribution in [0.15, 0.2) is 34.1 Å². The fraction of sp³-hybridized carbons (Fsp3) is 0.533. The summed E-state index contributed by atoms with van der Waals surface area (Å²) in [5.41, 5.74) is 2.17. The molecule has 0 aromatic carbocycles. The molecule has 3 aliphatic rings. The molecule has 1 fully saturated rings. The monoisotopic (exact) mass is 264 g/mol. The Morgan fingerprint density at radius 1 is 1.50 bits per heavy atom. The third-order valence-corrected chi connectivity index (χ3v) is 5.06. The molecule has 1 aliphatic heterocycles. The Morgan fingerprint density at radius 3 is 2.94 bits per heavy atom. The molecule has 96 valence electrons. The van der Waals surface area contributed by atoms with Crippen molar-refractivity contribution in [3.8, 4) is 0 Å². The van der Waals surface area contributed by atoms with E-state index in [-0.39, 0.29) is 23.2 Å². The van der Waals surface area contributed by atoms with Crippen LogP contribution in [0.25, 0.3) is 0 Å². The van der Waals surface area contributed by atoms with Gasteiger partial charge in [0.15, 0.2) is 0 Å². The number of rotatable bonds is 0. The Bertz CT molecular complexity index is 527. The van der Waals surface area contributed by atoms with Gasteiger partial charge in [0.2, 0.25) is 0 Å². The van der Waals surface area contributed by atoms with Gasteiger partial charge in [0.1, 0.15) is 5.76 Å². The maximum absolute atomic E-state index is 11.8. The van der Waals surface area contributed by atoms with Gasteiger partial charge in [0.05, 0.1) is 5.92 Å². The summed E-state index contributed by atoms with van der Waals surface area (Å²) in [6, 6.07) is 0. The minimum Gasteiger partial charge on any atom is -0.430 e. The van der Waals surface area contributed by atoms with Gasteiger partial charge in [-0.1, -0.05) is 31.5 Å². The first-order chi connectivity index (χ1) is 8.44. The molecule has 1 heterocycles. The molecule has 0 aromatic rings. The standard InChI is InChI=1S/C15H17ClO2/c1-8-10-4-6-15(3)7-5-11(16)9(2)12(15)13(10)18-14(8)17/h5,7-8,10H,4,6H2,1-3H3/t8-,10-,15-/m0/s1. The summed E-state index contributed by atoms with van der Waals surface area (Å²) in [6.45, 7) is 6.18. The molecule has 1 saturated heterocycles. The summed E-state index contributed by atoms with van der Waals surface area (Å²) in [6.07, 6.45) is 6.19. The van der Waals surface area contributed by atoms with E-state index in [0.717, 1.165) is 34.8 Å². The SMILES string of the molecule is CC1=C(Cl)C=C[C@]2(C)CC[C@@H]3C(=C12)OC(=O)[C@H]3C. The van der Waals surface area contributed by atoms with Crippen LogP contribution in [0.1, 0.15) is 33.6 Å². The highest BCUT2D eigenvalue weighted by molar-refractivity contribution is 6.32. The van der Waals surface area contributed by atoms with Gasteiger partial charge in [0, 0.05) is 21.9 Å². The predicted octanol–water partition coefficient (Wildman–Crippen LogP) is 3.93. The molecule has 3 rings (SSSR count). The van der Waals surface area contributed by atoms with Crippen molar-refractivity contribution in [2.75, 3.05) is 0 Å². The fourth-order valence-electron chi connectivity index (χ4n) is 3.43. The molecule has 0 aromatic heterocycles. The number of ether oxygens (including phenoxy) is 1. The molecule has 3 heteroatoms. The van der Waals surface area contributed by atoms with Crippen molar-refractivity contribution in [2.24, 2.45) is 17.3 Å². The van der Waals surface area contributed by atoms with Crippen LogP contribution in [0.4, 0.5) is 0 Å². The highest BCUT2D eigenvalue weighted by Crippen LogP contribution is 2.54. The lowest BCUT2D eigenvalue weighted by atomic mass is 9.65. The second kappa shape index (κ2) is 3.74. The summed E-state index contributed by atoms with van der Waals surface area (Å²) >= 11 is 6.23. The average Bonchev–Trinajstić information content (AvgIpc) is 2.60. The highest BCUT2D eigenvalue weighted by atomic mass is 35.5. The van der Waals surface area contributed by atoms with Crippen LogP contribution in [0.2, 0.25) is 0 Å². The van der Waals surface area contributed by atoms with E-state index in [1.54, 1.807) is 0 Å². The van der Waals surface area contributed by atoms with Gasteiger partial charge < -0.3 is 4.74 Å². The number of carbonyl (C=O) groups is 1. The maximum atomic E-state index is 11.8. The Kier molecular flexibility index (Phi) is 2.50. The number of fused-ring (bicyclic) bond motifs is 2. The third-order valence-electron chi connectivity index (χ3n) is 4.65. The van der Waals surface area contributed by atoms with Crippen LogP contribution in [0.5, 0.6) is 0 Å². The Morgan fingerprint density at radius 2 is 2.22 bits per heavy atom. The lowest BCUT2D eigenvalue weighted by Gasteiger charge is -2.39. The van der Waals surface area contributed by atoms with Crippen molar-refractivity contribution in [1.29, 1.82) is 0 Å². The van der Waals surface area contributed by atoms with E-state index in [2.05, 4.69) is 13.0 Å². The summed E-state index contributed by atoms with van der Waals surface area (Å²) in [7, 11) is 0. The van der Waals surface area contributed by atoms with Crippen LogP contribution >= 0.6 is 11.6 Å². The van der Waals surface area contributed by atoms with E-state index in [9.17, 15) is 4.79 Å². The number of esters is 1. The molecule has 2 aliphatic carbocycles. The van der Waals surface area contributed by atoms with E-state index >= 15 is 0 Å². The number of allylic oxidation sites excluding steroid dienone is 6. The second-order valence-electron chi connectivity index (χ2n) is 5.82. The van der Waals surface area contributed by atoms with Gasteiger partial charge in [-0.3, -0.25) is 4.79 Å². The van der Waals surface area contributed by atoms with Crippen molar-refractivity contribution in [2.45, 2.75) is 33.6 Å². The highest BCUT2D eigenvalue weighted by Gasteiger charge is 2.48. The van der Waals surface area contributed by atoms with Crippen molar-refractivity contribution < 1.29 is 9.53 Å². The van der Waals surface area contributed by atoms with Crippen molar-refractivity contribution in [3.63, 3.8) is 0 Å². The van der Waals surface area contributed by atoms with Gasteiger partial charge in [-0.25, -0.2) is 0 Å². The number of halogens is 1. The molecule has 0 saturated carbocycles. The van der Waals surface area contributed by atoms with Crippen LogP contribution < -0.4 is 0 Å². The summed E-state index contributed by atoms with van der Waals surface area (Å²) in [5.74, 6) is 1.01. The van der Waals surface area contributed by atoms with Crippen molar-refractivity contribution >= 4 is 17.6 Å². The summed E-state index contributed by atoms with van der Waals surface area (Å²) in [4.78, 5) is 11.8. The summed E-state index contributed by atoms with van der Waals surface area (Å²) < 4.78 is 5.54. The van der Waals surface area contributed by atoms with E-state index in [1.165, 1.54) is 0 Å². The van der Waals surface area contributed by atoms with E-state index in [1.807, 2.05) is 19.9 Å². The van der Waals surface area contributed by atoms with Gasteiger partial charge >= 0.3 is 5.97 Å². The molecule has 2 nitrogen and oxygen atoms in total. The minimum atomic E-state index is -0.0924. The molecule has 0 N–H and O–H groups in total. The second-order valence-corrected chi connectivity index (χ2v) is 6.23. The van der Waals surface area contributed by atoms with Crippen molar-refractivity contribution in [1.82, 2.24) is 0 Å². The van der Waals surface area contributed by atoms with Crippen LogP contribution in [-0.2, 0) is 9.53 Å². The quantitative estimate of drug-likeness (QED) is 0.620. The van der Waals surface area contributed by atoms with Gasteiger partial charge in [0.25, 0.3) is 0 Å². The average molecular weight is 265 g/mol. The minimum absolute atomic E-state index is 0.0190. The number of hydrogen-bond acceptors (Lipinski definition) is 2. The lowest BCUT2D eigenvalue weighted by molar-refractivity contribution is -0.138. The van der Waals surface area contributed by atoms with Gasteiger partial charge in [-0.15, -0.1) is 0 Å². The molecular weight excluding hydrogens is 248 g/mol. The molecular formula is C15H17ClO2. The zero-order valence-corrected chi connectivity index (χ0v) is 11.7. The van der Waals surface area contributed by atoms with E-state index in [4.69, 9.17) is 16.3 Å². The summed E-state index contributed by atoms with van der Waals surface area (Å²) in [5, 5.41) is 0.756. The molecule has 0 radical (unpaired) electrons. The first-order valence-electron chi connectivity index (χ1n) is 6.46. The Hall–Kier alpha value is -1.02. The maximum Gasteiger partial charge on any atom is 0.314 e. The van der Waals surface area contributed by atoms with Crippen molar-refractivity contribution in [3.05, 3.63) is 34.1 Å². The molecule has 3 atom stereocenters.